The summed E-state index contributed by atoms with van der Waals surface area (Å²) >= 11 is 0. The molecular weight excluding hydrogens is 264 g/mol. The fourth-order valence-electron chi connectivity index (χ4n) is 2.70. The molecule has 1 aromatic carbocycles. The zero-order chi connectivity index (χ0) is 15.2. The molecule has 1 heterocycles. The summed E-state index contributed by atoms with van der Waals surface area (Å²) in [5.74, 6) is 0.232. The Morgan fingerprint density at radius 3 is 2.24 bits per heavy atom. The maximum absolute atomic E-state index is 12.2. The van der Waals surface area contributed by atoms with E-state index in [1.165, 1.54) is 11.1 Å². The first-order chi connectivity index (χ1) is 10.1. The minimum atomic E-state index is 0.227. The topological polar surface area (TPSA) is 43.8 Å². The Labute approximate surface area is 127 Å². The van der Waals surface area contributed by atoms with Gasteiger partial charge in [0.25, 0.3) is 0 Å². The normalized spacial score (nSPS) is 17.1. The third-order valence-electron chi connectivity index (χ3n) is 4.37. The number of β-amino-alcohol motifs (C(OH)–C–C–N with tert-alkyl or cyclic N) is 1. The highest BCUT2D eigenvalue weighted by Crippen LogP contribution is 2.12. The van der Waals surface area contributed by atoms with E-state index in [2.05, 4.69) is 16.7 Å². The van der Waals surface area contributed by atoms with Crippen LogP contribution in [0.25, 0.3) is 0 Å². The fourth-order valence-corrected chi connectivity index (χ4v) is 2.70. The highest BCUT2D eigenvalue weighted by atomic mass is 16.3. The van der Waals surface area contributed by atoms with Gasteiger partial charge < -0.3 is 10.0 Å². The lowest BCUT2D eigenvalue weighted by Crippen LogP contribution is -2.47. The second kappa shape index (κ2) is 7.69. The van der Waals surface area contributed by atoms with E-state index in [1.54, 1.807) is 0 Å². The molecule has 0 atom stereocenters. The van der Waals surface area contributed by atoms with Crippen LogP contribution in [-0.4, -0.2) is 66.6 Å². The molecule has 4 nitrogen and oxygen atoms in total. The van der Waals surface area contributed by atoms with Crippen molar-refractivity contribution in [2.45, 2.75) is 20.3 Å². The Balaban J connectivity index is 1.78. The Kier molecular flexibility index (Phi) is 5.91. The van der Waals surface area contributed by atoms with Gasteiger partial charge in [-0.2, -0.15) is 0 Å². The summed E-state index contributed by atoms with van der Waals surface area (Å²) in [7, 11) is 0. The number of hydrogen-bond donors (Lipinski definition) is 1. The van der Waals surface area contributed by atoms with Crippen molar-refractivity contribution in [3.8, 4) is 0 Å². The van der Waals surface area contributed by atoms with Crippen LogP contribution in [0.1, 0.15) is 27.9 Å². The van der Waals surface area contributed by atoms with Crippen molar-refractivity contribution in [2.24, 2.45) is 0 Å². The van der Waals surface area contributed by atoms with Crippen molar-refractivity contribution in [2.75, 3.05) is 45.9 Å². The molecule has 1 aliphatic heterocycles. The molecular formula is C17H26N2O2. The largest absolute Gasteiger partial charge is 0.395 e. The van der Waals surface area contributed by atoms with E-state index < -0.39 is 0 Å². The predicted octanol–water partition coefficient (Wildman–Crippen LogP) is 1.49. The van der Waals surface area contributed by atoms with Crippen molar-refractivity contribution in [1.82, 2.24) is 9.80 Å². The first kappa shape index (κ1) is 16.1. The monoisotopic (exact) mass is 290 g/mol. The van der Waals surface area contributed by atoms with Crippen molar-refractivity contribution < 1.29 is 9.90 Å². The van der Waals surface area contributed by atoms with Gasteiger partial charge in [0.15, 0.2) is 5.78 Å². The molecule has 0 spiro atoms. The van der Waals surface area contributed by atoms with Gasteiger partial charge in [-0.25, -0.2) is 0 Å². The SMILES string of the molecule is Cc1ccc(C(=O)CCN2CCN(CCO)CC2)cc1C. The van der Waals surface area contributed by atoms with Crippen LogP contribution < -0.4 is 0 Å². The fraction of sp³-hybridized carbons (Fsp3) is 0.588. The summed E-state index contributed by atoms with van der Waals surface area (Å²) in [6.07, 6.45) is 0.586. The zero-order valence-corrected chi connectivity index (χ0v) is 13.1. The molecule has 0 saturated carbocycles. The quantitative estimate of drug-likeness (QED) is 0.806. The summed E-state index contributed by atoms with van der Waals surface area (Å²) < 4.78 is 0. The number of Topliss-reactive ketones (excluding diaryl/α,β-unsaturated/α-hetero) is 1. The molecule has 2 rings (SSSR count). The number of benzene rings is 1. The molecule has 0 aromatic heterocycles. The van der Waals surface area contributed by atoms with Crippen LogP contribution >= 0.6 is 0 Å². The number of aryl methyl sites for hydroxylation is 2. The predicted molar refractivity (Wildman–Crippen MR) is 84.8 cm³/mol. The molecule has 0 bridgehead atoms. The highest BCUT2D eigenvalue weighted by Gasteiger charge is 2.17. The minimum absolute atomic E-state index is 0.227. The number of piperazine rings is 1. The Hall–Kier alpha value is -1.23. The summed E-state index contributed by atoms with van der Waals surface area (Å²) in [6.45, 7) is 9.87. The van der Waals surface area contributed by atoms with Gasteiger partial charge in [0.1, 0.15) is 0 Å². The lowest BCUT2D eigenvalue weighted by molar-refractivity contribution is 0.0907. The second-order valence-corrected chi connectivity index (χ2v) is 5.88. The number of aliphatic hydroxyl groups excluding tert-OH is 1. The van der Waals surface area contributed by atoms with Crippen LogP contribution in [0.3, 0.4) is 0 Å². The molecule has 0 aliphatic carbocycles. The van der Waals surface area contributed by atoms with Gasteiger partial charge in [-0.15, -0.1) is 0 Å². The first-order valence-electron chi connectivity index (χ1n) is 7.76. The maximum Gasteiger partial charge on any atom is 0.164 e. The first-order valence-corrected chi connectivity index (χ1v) is 7.76. The number of aliphatic hydroxyl groups is 1. The van der Waals surface area contributed by atoms with Crippen LogP contribution in [0.2, 0.25) is 0 Å². The number of hydrogen-bond acceptors (Lipinski definition) is 4. The molecule has 1 aromatic rings. The molecule has 1 aliphatic rings. The second-order valence-electron chi connectivity index (χ2n) is 5.88. The van der Waals surface area contributed by atoms with Crippen molar-refractivity contribution in [3.05, 3.63) is 34.9 Å². The standard InChI is InChI=1S/C17H26N2O2/c1-14-3-4-16(13-15(14)2)17(21)5-6-18-7-9-19(10-8-18)11-12-20/h3-4,13,20H,5-12H2,1-2H3. The van der Waals surface area contributed by atoms with Gasteiger partial charge in [-0.1, -0.05) is 12.1 Å². The van der Waals surface area contributed by atoms with Crippen LogP contribution in [0, 0.1) is 13.8 Å². The molecule has 4 heteroatoms. The smallest absolute Gasteiger partial charge is 0.164 e. The third kappa shape index (κ3) is 4.63. The average molecular weight is 290 g/mol. The van der Waals surface area contributed by atoms with Gasteiger partial charge in [0, 0.05) is 51.3 Å². The molecule has 1 saturated heterocycles. The summed E-state index contributed by atoms with van der Waals surface area (Å²) in [6, 6.07) is 5.96. The average Bonchev–Trinajstić information content (AvgIpc) is 2.49. The molecule has 21 heavy (non-hydrogen) atoms. The number of carbonyl (C=O) groups excluding carboxylic acids is 1. The molecule has 0 amide bonds. The van der Waals surface area contributed by atoms with Gasteiger partial charge in [0.2, 0.25) is 0 Å². The molecule has 0 radical (unpaired) electrons. The molecule has 1 N–H and O–H groups in total. The van der Waals surface area contributed by atoms with E-state index in [-0.39, 0.29) is 12.4 Å². The third-order valence-corrected chi connectivity index (χ3v) is 4.37. The van der Waals surface area contributed by atoms with E-state index >= 15 is 0 Å². The van der Waals surface area contributed by atoms with Crippen LogP contribution in [0.4, 0.5) is 0 Å². The molecule has 0 unspecified atom stereocenters. The highest BCUT2D eigenvalue weighted by molar-refractivity contribution is 5.96. The number of ketones is 1. The van der Waals surface area contributed by atoms with Gasteiger partial charge >= 0.3 is 0 Å². The minimum Gasteiger partial charge on any atom is -0.395 e. The molecule has 1 fully saturated rings. The van der Waals surface area contributed by atoms with Gasteiger partial charge in [0.05, 0.1) is 6.61 Å². The van der Waals surface area contributed by atoms with E-state index in [4.69, 9.17) is 5.11 Å². The van der Waals surface area contributed by atoms with E-state index in [9.17, 15) is 4.79 Å². The lowest BCUT2D eigenvalue weighted by Gasteiger charge is -2.34. The number of carbonyl (C=O) groups is 1. The summed E-state index contributed by atoms with van der Waals surface area (Å²) in [5, 5.41) is 8.93. The van der Waals surface area contributed by atoms with Crippen molar-refractivity contribution >= 4 is 5.78 Å². The van der Waals surface area contributed by atoms with Crippen LogP contribution in [0.15, 0.2) is 18.2 Å². The lowest BCUT2D eigenvalue weighted by atomic mass is 10.0. The van der Waals surface area contributed by atoms with Crippen molar-refractivity contribution in [1.29, 1.82) is 0 Å². The van der Waals surface area contributed by atoms with E-state index in [0.29, 0.717) is 6.42 Å². The summed E-state index contributed by atoms with van der Waals surface area (Å²) in [5.41, 5.74) is 3.24. The Morgan fingerprint density at radius 1 is 1.05 bits per heavy atom. The van der Waals surface area contributed by atoms with E-state index in [0.717, 1.165) is 44.8 Å². The van der Waals surface area contributed by atoms with Gasteiger partial charge in [-0.3, -0.25) is 9.69 Å². The maximum atomic E-state index is 12.2. The Morgan fingerprint density at radius 2 is 1.67 bits per heavy atom. The Bertz CT molecular complexity index is 480. The van der Waals surface area contributed by atoms with Crippen LogP contribution in [0.5, 0.6) is 0 Å². The van der Waals surface area contributed by atoms with Gasteiger partial charge in [-0.05, 0) is 31.0 Å². The van der Waals surface area contributed by atoms with E-state index in [1.807, 2.05) is 25.1 Å². The zero-order valence-electron chi connectivity index (χ0n) is 13.1. The summed E-state index contributed by atoms with van der Waals surface area (Å²) in [4.78, 5) is 16.9. The number of nitrogens with zero attached hydrogens (tertiary/aromatic N) is 2. The molecule has 116 valence electrons. The van der Waals surface area contributed by atoms with Crippen molar-refractivity contribution in [3.63, 3.8) is 0 Å². The van der Waals surface area contributed by atoms with Crippen LogP contribution in [-0.2, 0) is 0 Å². The number of rotatable bonds is 6.